The molecule has 5 heteroatoms. The summed E-state index contributed by atoms with van der Waals surface area (Å²) in [7, 11) is 1.85. The van der Waals surface area contributed by atoms with Gasteiger partial charge in [0.1, 0.15) is 5.75 Å². The van der Waals surface area contributed by atoms with Crippen molar-refractivity contribution in [1.29, 1.82) is 0 Å². The number of hydrogen-bond acceptors (Lipinski definition) is 4. The number of β-lactam (4-membered cyclic amide) rings is 1. The minimum absolute atomic E-state index is 0.0149. The largest absolute Gasteiger partial charge is 0.478 e. The summed E-state index contributed by atoms with van der Waals surface area (Å²) in [6.07, 6.45) is -0.234. The van der Waals surface area contributed by atoms with Crippen LogP contribution >= 0.6 is 0 Å². The molecule has 2 heterocycles. The zero-order valence-electron chi connectivity index (χ0n) is 10.8. The molecule has 0 unspecified atom stereocenters. The van der Waals surface area contributed by atoms with Crippen LogP contribution in [0.3, 0.4) is 0 Å². The van der Waals surface area contributed by atoms with Gasteiger partial charge in [0, 0.05) is 12.6 Å². The molecule has 19 heavy (non-hydrogen) atoms. The number of nitrogens with one attached hydrogen (secondary N) is 1. The molecule has 2 fully saturated rings. The molecule has 4 atom stereocenters. The predicted octanol–water partition coefficient (Wildman–Crippen LogP) is -0.00260. The lowest BCUT2D eigenvalue weighted by Crippen LogP contribution is -2.76. The lowest BCUT2D eigenvalue weighted by molar-refractivity contribution is -0.175. The molecule has 2 aliphatic heterocycles. The quantitative estimate of drug-likeness (QED) is 0.753. The Morgan fingerprint density at radius 2 is 2.11 bits per heavy atom. The second-order valence-corrected chi connectivity index (χ2v) is 5.12. The minimum Gasteiger partial charge on any atom is -0.478 e. The fourth-order valence-corrected chi connectivity index (χ4v) is 2.97. The van der Waals surface area contributed by atoms with Gasteiger partial charge >= 0.3 is 0 Å². The highest BCUT2D eigenvalue weighted by Crippen LogP contribution is 2.32. The van der Waals surface area contributed by atoms with Crippen LogP contribution in [0.15, 0.2) is 30.3 Å². The number of benzene rings is 1. The maximum Gasteiger partial charge on any atom is 0.266 e. The number of likely N-dealkylation sites (N-methyl/N-ethyl adjacent to an activating group) is 1. The third-order valence-corrected chi connectivity index (χ3v) is 3.92. The van der Waals surface area contributed by atoms with Crippen LogP contribution in [0.2, 0.25) is 0 Å². The number of ether oxygens (including phenoxy) is 1. The first-order valence-electron chi connectivity index (χ1n) is 6.58. The van der Waals surface area contributed by atoms with Crippen LogP contribution in [-0.4, -0.2) is 53.8 Å². The molecule has 0 saturated carbocycles. The second-order valence-electron chi connectivity index (χ2n) is 5.12. The van der Waals surface area contributed by atoms with Crippen molar-refractivity contribution < 1.29 is 14.6 Å². The number of aliphatic hydroxyl groups is 1. The van der Waals surface area contributed by atoms with Gasteiger partial charge in [0.2, 0.25) is 0 Å². The number of nitrogens with zero attached hydrogens (tertiary/aromatic N) is 1. The van der Waals surface area contributed by atoms with E-state index in [9.17, 15) is 9.90 Å². The van der Waals surface area contributed by atoms with Crippen molar-refractivity contribution in [2.45, 2.75) is 30.7 Å². The van der Waals surface area contributed by atoms with Gasteiger partial charge in [-0.2, -0.15) is 0 Å². The van der Waals surface area contributed by atoms with Crippen LogP contribution in [0.4, 0.5) is 0 Å². The maximum atomic E-state index is 12.1. The number of fused-ring (bicyclic) bond motifs is 1. The van der Waals surface area contributed by atoms with Gasteiger partial charge in [-0.1, -0.05) is 18.2 Å². The van der Waals surface area contributed by atoms with Gasteiger partial charge in [-0.15, -0.1) is 0 Å². The van der Waals surface area contributed by atoms with Crippen LogP contribution in [0, 0.1) is 0 Å². The average molecular weight is 262 g/mol. The Morgan fingerprint density at radius 3 is 2.79 bits per heavy atom. The highest BCUT2D eigenvalue weighted by Gasteiger charge is 2.55. The van der Waals surface area contributed by atoms with Crippen molar-refractivity contribution in [1.82, 2.24) is 10.2 Å². The monoisotopic (exact) mass is 262 g/mol. The Bertz CT molecular complexity index is 465. The van der Waals surface area contributed by atoms with Crippen LogP contribution in [0.1, 0.15) is 6.42 Å². The Morgan fingerprint density at radius 1 is 1.37 bits per heavy atom. The van der Waals surface area contributed by atoms with Crippen molar-refractivity contribution in [2.24, 2.45) is 0 Å². The normalized spacial score (nSPS) is 33.6. The number of aliphatic hydroxyl groups excluding tert-OH is 1. The van der Waals surface area contributed by atoms with Gasteiger partial charge in [-0.05, 0) is 25.6 Å². The van der Waals surface area contributed by atoms with Crippen LogP contribution in [0.5, 0.6) is 5.75 Å². The predicted molar refractivity (Wildman–Crippen MR) is 69.8 cm³/mol. The van der Waals surface area contributed by atoms with E-state index >= 15 is 0 Å². The first kappa shape index (κ1) is 12.4. The molecule has 3 rings (SSSR count). The third-order valence-electron chi connectivity index (χ3n) is 3.92. The molecule has 0 aliphatic carbocycles. The van der Waals surface area contributed by atoms with E-state index in [0.29, 0.717) is 18.7 Å². The number of carbonyl (C=O) groups excluding carboxylic acids is 1. The van der Waals surface area contributed by atoms with Crippen molar-refractivity contribution in [3.63, 3.8) is 0 Å². The summed E-state index contributed by atoms with van der Waals surface area (Å²) in [6, 6.07) is 9.47. The summed E-state index contributed by atoms with van der Waals surface area (Å²) in [5.74, 6) is 0.675. The van der Waals surface area contributed by atoms with Gasteiger partial charge in [-0.25, -0.2) is 0 Å². The number of carbonyl (C=O) groups is 1. The van der Waals surface area contributed by atoms with Gasteiger partial charge in [0.05, 0.1) is 12.1 Å². The molecule has 0 bridgehead atoms. The lowest BCUT2D eigenvalue weighted by Gasteiger charge is -2.53. The maximum absolute atomic E-state index is 12.1. The molecule has 0 spiro atoms. The van der Waals surface area contributed by atoms with Crippen molar-refractivity contribution in [2.75, 3.05) is 13.6 Å². The highest BCUT2D eigenvalue weighted by atomic mass is 16.5. The number of para-hydroxylation sites is 1. The van der Waals surface area contributed by atoms with Gasteiger partial charge in [0.15, 0.2) is 6.10 Å². The SMILES string of the molecule is CN[C@H]1C[C@@H](O)CN2C(=O)[C@H](Oc3ccccc3)[C@H]12. The van der Waals surface area contributed by atoms with Crippen LogP contribution < -0.4 is 10.1 Å². The lowest BCUT2D eigenvalue weighted by atomic mass is 9.83. The average Bonchev–Trinajstić information content (AvgIpc) is 2.45. The molecule has 1 amide bonds. The van der Waals surface area contributed by atoms with Crippen LogP contribution in [0.25, 0.3) is 0 Å². The zero-order valence-corrected chi connectivity index (χ0v) is 10.8. The second kappa shape index (κ2) is 4.83. The van der Waals surface area contributed by atoms with Crippen molar-refractivity contribution in [3.8, 4) is 5.75 Å². The summed E-state index contributed by atoms with van der Waals surface area (Å²) >= 11 is 0. The minimum atomic E-state index is -0.449. The number of piperidine rings is 1. The Labute approximate surface area is 112 Å². The van der Waals surface area contributed by atoms with Crippen molar-refractivity contribution in [3.05, 3.63) is 30.3 Å². The summed E-state index contributed by atoms with van der Waals surface area (Å²) in [5, 5.41) is 12.9. The highest BCUT2D eigenvalue weighted by molar-refractivity contribution is 5.89. The first-order chi connectivity index (χ1) is 9.20. The summed E-state index contributed by atoms with van der Waals surface area (Å²) in [5.41, 5.74) is 0. The standard InChI is InChI=1S/C14H18N2O3/c1-15-11-7-9(17)8-16-12(11)13(14(16)18)19-10-5-3-2-4-6-10/h2-6,9,11-13,15,17H,7-8H2,1H3/t9-,11+,12+,13-/m1/s1. The molecule has 0 radical (unpaired) electrons. The summed E-state index contributed by atoms with van der Waals surface area (Å²) in [4.78, 5) is 13.8. The van der Waals surface area contributed by atoms with E-state index < -0.39 is 12.2 Å². The first-order valence-corrected chi connectivity index (χ1v) is 6.58. The van der Waals surface area contributed by atoms with E-state index in [-0.39, 0.29) is 18.0 Å². The molecule has 1 aromatic carbocycles. The molecule has 2 saturated heterocycles. The molecular formula is C14H18N2O3. The van der Waals surface area contributed by atoms with E-state index in [1.165, 1.54) is 0 Å². The molecule has 0 aromatic heterocycles. The van der Waals surface area contributed by atoms with E-state index in [1.807, 2.05) is 37.4 Å². The molecular weight excluding hydrogens is 244 g/mol. The molecule has 2 aliphatic rings. The van der Waals surface area contributed by atoms with Gasteiger partial charge in [-0.3, -0.25) is 4.79 Å². The Hall–Kier alpha value is -1.59. The van der Waals surface area contributed by atoms with Gasteiger partial charge < -0.3 is 20.1 Å². The van der Waals surface area contributed by atoms with E-state index in [4.69, 9.17) is 4.74 Å². The van der Waals surface area contributed by atoms with E-state index in [0.717, 1.165) is 0 Å². The van der Waals surface area contributed by atoms with Gasteiger partial charge in [0.25, 0.3) is 5.91 Å². The number of rotatable bonds is 3. The van der Waals surface area contributed by atoms with Crippen molar-refractivity contribution >= 4 is 5.91 Å². The third kappa shape index (κ3) is 2.09. The van der Waals surface area contributed by atoms with Crippen LogP contribution in [-0.2, 0) is 4.79 Å². The van der Waals surface area contributed by atoms with E-state index in [1.54, 1.807) is 4.90 Å². The number of hydrogen-bond donors (Lipinski definition) is 2. The Balaban J connectivity index is 1.75. The Kier molecular flexibility index (Phi) is 3.16. The smallest absolute Gasteiger partial charge is 0.266 e. The fraction of sp³-hybridized carbons (Fsp3) is 0.500. The summed E-state index contributed by atoms with van der Waals surface area (Å²) in [6.45, 7) is 0.413. The van der Waals surface area contributed by atoms with E-state index in [2.05, 4.69) is 5.32 Å². The number of amides is 1. The molecule has 2 N–H and O–H groups in total. The molecule has 5 nitrogen and oxygen atoms in total. The molecule has 102 valence electrons. The molecule has 1 aromatic rings. The zero-order chi connectivity index (χ0) is 13.4. The fourth-order valence-electron chi connectivity index (χ4n) is 2.97. The summed E-state index contributed by atoms with van der Waals surface area (Å²) < 4.78 is 5.79. The topological polar surface area (TPSA) is 61.8 Å².